The third-order valence-electron chi connectivity index (χ3n) is 2.55. The Morgan fingerprint density at radius 1 is 1.33 bits per heavy atom. The predicted octanol–water partition coefficient (Wildman–Crippen LogP) is 2.31. The van der Waals surface area contributed by atoms with Gasteiger partial charge in [-0.05, 0) is 19.3 Å². The predicted molar refractivity (Wildman–Crippen MR) is 48.8 cm³/mol. The molecule has 0 radical (unpaired) electrons. The fourth-order valence-corrected chi connectivity index (χ4v) is 1.79. The minimum Gasteiger partial charge on any atom is -0.368 e. The SMILES string of the molecule is CCCOC(O)C1CCCCC1. The Hall–Kier alpha value is -0.0800. The van der Waals surface area contributed by atoms with E-state index in [2.05, 4.69) is 6.92 Å². The van der Waals surface area contributed by atoms with Gasteiger partial charge in [0.15, 0.2) is 6.29 Å². The molecular weight excluding hydrogens is 152 g/mol. The standard InChI is InChI=1S/C10H20O2/c1-2-8-12-10(11)9-6-4-3-5-7-9/h9-11H,2-8H2,1H3. The van der Waals surface area contributed by atoms with Gasteiger partial charge in [0, 0.05) is 12.5 Å². The lowest BCUT2D eigenvalue weighted by Crippen LogP contribution is -2.25. The maximum absolute atomic E-state index is 9.58. The van der Waals surface area contributed by atoms with Crippen LogP contribution in [-0.4, -0.2) is 18.0 Å². The summed E-state index contributed by atoms with van der Waals surface area (Å²) in [5.41, 5.74) is 0. The number of aliphatic hydroxyl groups is 1. The maximum Gasteiger partial charge on any atom is 0.157 e. The van der Waals surface area contributed by atoms with E-state index in [9.17, 15) is 5.11 Å². The molecule has 0 aromatic rings. The lowest BCUT2D eigenvalue weighted by Gasteiger charge is -2.26. The molecule has 0 spiro atoms. The Kier molecular flexibility index (Phi) is 4.62. The van der Waals surface area contributed by atoms with E-state index in [0.29, 0.717) is 12.5 Å². The van der Waals surface area contributed by atoms with Crippen LogP contribution in [0.3, 0.4) is 0 Å². The third kappa shape index (κ3) is 3.11. The molecule has 1 aliphatic rings. The van der Waals surface area contributed by atoms with Gasteiger partial charge in [0.1, 0.15) is 0 Å². The minimum atomic E-state index is -0.495. The van der Waals surface area contributed by atoms with Gasteiger partial charge in [-0.1, -0.05) is 26.2 Å². The summed E-state index contributed by atoms with van der Waals surface area (Å²) in [7, 11) is 0. The Bertz CT molecular complexity index is 108. The van der Waals surface area contributed by atoms with Crippen LogP contribution in [0.4, 0.5) is 0 Å². The summed E-state index contributed by atoms with van der Waals surface area (Å²) >= 11 is 0. The van der Waals surface area contributed by atoms with Crippen LogP contribution < -0.4 is 0 Å². The number of hydrogen-bond acceptors (Lipinski definition) is 2. The molecule has 0 bridgehead atoms. The van der Waals surface area contributed by atoms with Gasteiger partial charge in [0.05, 0.1) is 0 Å². The van der Waals surface area contributed by atoms with E-state index in [0.717, 1.165) is 19.3 Å². The van der Waals surface area contributed by atoms with E-state index in [1.54, 1.807) is 0 Å². The molecule has 0 saturated heterocycles. The summed E-state index contributed by atoms with van der Waals surface area (Å²) in [6.45, 7) is 2.76. The topological polar surface area (TPSA) is 29.5 Å². The molecule has 2 nitrogen and oxygen atoms in total. The van der Waals surface area contributed by atoms with Gasteiger partial charge >= 0.3 is 0 Å². The highest BCUT2D eigenvalue weighted by Crippen LogP contribution is 2.26. The molecule has 0 aromatic carbocycles. The molecule has 1 saturated carbocycles. The van der Waals surface area contributed by atoms with Crippen LogP contribution in [0.15, 0.2) is 0 Å². The van der Waals surface area contributed by atoms with Crippen LogP contribution in [0, 0.1) is 5.92 Å². The number of hydrogen-bond donors (Lipinski definition) is 1. The molecule has 1 atom stereocenters. The monoisotopic (exact) mass is 172 g/mol. The summed E-state index contributed by atoms with van der Waals surface area (Å²) in [4.78, 5) is 0. The second-order valence-corrected chi connectivity index (χ2v) is 3.66. The van der Waals surface area contributed by atoms with Crippen molar-refractivity contribution in [1.29, 1.82) is 0 Å². The van der Waals surface area contributed by atoms with Crippen LogP contribution in [0.2, 0.25) is 0 Å². The first-order valence-corrected chi connectivity index (χ1v) is 5.14. The van der Waals surface area contributed by atoms with Crippen molar-refractivity contribution in [2.75, 3.05) is 6.61 Å². The molecule has 1 fully saturated rings. The van der Waals surface area contributed by atoms with Crippen molar-refractivity contribution in [1.82, 2.24) is 0 Å². The fraction of sp³-hybridized carbons (Fsp3) is 1.00. The Balaban J connectivity index is 2.15. The first kappa shape index (κ1) is 10.0. The van der Waals surface area contributed by atoms with Crippen molar-refractivity contribution in [3.05, 3.63) is 0 Å². The van der Waals surface area contributed by atoms with Crippen LogP contribution >= 0.6 is 0 Å². The first-order chi connectivity index (χ1) is 5.84. The van der Waals surface area contributed by atoms with Crippen molar-refractivity contribution in [3.8, 4) is 0 Å². The fourth-order valence-electron chi connectivity index (χ4n) is 1.79. The zero-order valence-corrected chi connectivity index (χ0v) is 7.96. The van der Waals surface area contributed by atoms with E-state index in [1.165, 1.54) is 19.3 Å². The molecule has 1 aliphatic carbocycles. The van der Waals surface area contributed by atoms with Gasteiger partial charge in [0.2, 0.25) is 0 Å². The first-order valence-electron chi connectivity index (χ1n) is 5.14. The number of rotatable bonds is 4. The zero-order valence-electron chi connectivity index (χ0n) is 7.96. The maximum atomic E-state index is 9.58. The van der Waals surface area contributed by atoms with E-state index < -0.39 is 6.29 Å². The Morgan fingerprint density at radius 3 is 2.58 bits per heavy atom. The molecule has 1 rings (SSSR count). The van der Waals surface area contributed by atoms with Crippen LogP contribution in [0.1, 0.15) is 45.4 Å². The summed E-state index contributed by atoms with van der Waals surface area (Å²) in [6.07, 6.45) is 6.63. The van der Waals surface area contributed by atoms with Crippen molar-refractivity contribution >= 4 is 0 Å². The molecule has 1 unspecified atom stereocenters. The number of ether oxygens (including phenoxy) is 1. The zero-order chi connectivity index (χ0) is 8.81. The average molecular weight is 172 g/mol. The molecule has 1 N–H and O–H groups in total. The molecule has 0 aliphatic heterocycles. The highest BCUT2D eigenvalue weighted by molar-refractivity contribution is 4.67. The van der Waals surface area contributed by atoms with E-state index in [1.807, 2.05) is 0 Å². The van der Waals surface area contributed by atoms with Crippen molar-refractivity contribution < 1.29 is 9.84 Å². The van der Waals surface area contributed by atoms with E-state index >= 15 is 0 Å². The third-order valence-corrected chi connectivity index (χ3v) is 2.55. The van der Waals surface area contributed by atoms with Gasteiger partial charge in [-0.3, -0.25) is 0 Å². The second kappa shape index (κ2) is 5.55. The average Bonchev–Trinajstić information content (AvgIpc) is 2.15. The molecule has 2 heteroatoms. The highest BCUT2D eigenvalue weighted by atomic mass is 16.6. The quantitative estimate of drug-likeness (QED) is 0.659. The van der Waals surface area contributed by atoms with Crippen LogP contribution in [0.5, 0.6) is 0 Å². The number of aliphatic hydroxyl groups excluding tert-OH is 1. The van der Waals surface area contributed by atoms with E-state index in [-0.39, 0.29) is 0 Å². The van der Waals surface area contributed by atoms with Gasteiger partial charge in [-0.2, -0.15) is 0 Å². The second-order valence-electron chi connectivity index (χ2n) is 3.66. The largest absolute Gasteiger partial charge is 0.368 e. The van der Waals surface area contributed by atoms with Crippen molar-refractivity contribution in [2.45, 2.75) is 51.7 Å². The summed E-state index contributed by atoms with van der Waals surface area (Å²) in [5, 5.41) is 9.58. The normalized spacial score (nSPS) is 22.5. The Labute approximate surface area is 74.9 Å². The van der Waals surface area contributed by atoms with Crippen molar-refractivity contribution in [3.63, 3.8) is 0 Å². The molecule has 72 valence electrons. The van der Waals surface area contributed by atoms with Gasteiger partial charge in [-0.25, -0.2) is 0 Å². The van der Waals surface area contributed by atoms with Crippen LogP contribution in [0.25, 0.3) is 0 Å². The smallest absolute Gasteiger partial charge is 0.157 e. The molecule has 0 heterocycles. The minimum absolute atomic E-state index is 0.408. The van der Waals surface area contributed by atoms with Crippen molar-refractivity contribution in [2.24, 2.45) is 5.92 Å². The van der Waals surface area contributed by atoms with Gasteiger partial charge in [-0.15, -0.1) is 0 Å². The lowest BCUT2D eigenvalue weighted by atomic mass is 9.89. The highest BCUT2D eigenvalue weighted by Gasteiger charge is 2.21. The summed E-state index contributed by atoms with van der Waals surface area (Å²) in [6, 6.07) is 0. The summed E-state index contributed by atoms with van der Waals surface area (Å²) < 4.78 is 5.29. The summed E-state index contributed by atoms with van der Waals surface area (Å²) in [5.74, 6) is 0.408. The molecular formula is C10H20O2. The lowest BCUT2D eigenvalue weighted by molar-refractivity contribution is -0.140. The Morgan fingerprint density at radius 2 is 2.00 bits per heavy atom. The molecule has 12 heavy (non-hydrogen) atoms. The molecule has 0 aromatic heterocycles. The molecule has 0 amide bonds. The van der Waals surface area contributed by atoms with Gasteiger partial charge < -0.3 is 9.84 Å². The van der Waals surface area contributed by atoms with E-state index in [4.69, 9.17) is 4.74 Å². The van der Waals surface area contributed by atoms with Crippen LogP contribution in [-0.2, 0) is 4.74 Å². The van der Waals surface area contributed by atoms with Gasteiger partial charge in [0.25, 0.3) is 0 Å².